The molecule has 27 heavy (non-hydrogen) atoms. The van der Waals surface area contributed by atoms with Gasteiger partial charge < -0.3 is 10.1 Å². The number of hydrogen-bond acceptors (Lipinski definition) is 5. The van der Waals surface area contributed by atoms with E-state index in [0.29, 0.717) is 17.6 Å². The molecule has 3 aromatic rings. The second-order valence-electron chi connectivity index (χ2n) is 6.33. The first kappa shape index (κ1) is 19.0. The molecule has 3 rings (SSSR count). The summed E-state index contributed by atoms with van der Waals surface area (Å²) >= 11 is 1.28. The van der Waals surface area contributed by atoms with E-state index in [-0.39, 0.29) is 11.7 Å². The summed E-state index contributed by atoms with van der Waals surface area (Å²) in [6, 6.07) is 13.8. The lowest BCUT2D eigenvalue weighted by atomic mass is 10.1. The van der Waals surface area contributed by atoms with Crippen LogP contribution in [0.15, 0.2) is 47.6 Å². The molecule has 2 aromatic carbocycles. The molecule has 0 aliphatic rings. The lowest BCUT2D eigenvalue weighted by molar-refractivity contribution is -0.113. The van der Waals surface area contributed by atoms with Crippen LogP contribution in [0.1, 0.15) is 22.5 Å². The number of thioether (sulfide) groups is 1. The number of anilines is 1. The van der Waals surface area contributed by atoms with Crippen molar-refractivity contribution in [3.8, 4) is 5.75 Å². The van der Waals surface area contributed by atoms with Crippen LogP contribution >= 0.6 is 11.8 Å². The molecule has 1 heterocycles. The standard InChI is InChI=1S/C20H22N4O2S/c1-13-5-4-6-16(9-13)26-11-18-22-20(24-23-18)27-12-19(25)21-17-10-14(2)7-8-15(17)3/h4-10H,11-12H2,1-3H3,(H,21,25)(H,22,23,24). The first-order valence-electron chi connectivity index (χ1n) is 8.60. The molecule has 0 saturated carbocycles. The molecule has 140 valence electrons. The van der Waals surface area contributed by atoms with E-state index >= 15 is 0 Å². The molecule has 2 N–H and O–H groups in total. The monoisotopic (exact) mass is 382 g/mol. The molecular weight excluding hydrogens is 360 g/mol. The Morgan fingerprint density at radius 3 is 2.78 bits per heavy atom. The fourth-order valence-electron chi connectivity index (χ4n) is 2.45. The van der Waals surface area contributed by atoms with E-state index < -0.39 is 0 Å². The highest BCUT2D eigenvalue weighted by Gasteiger charge is 2.10. The summed E-state index contributed by atoms with van der Waals surface area (Å²) in [6.45, 7) is 6.28. The Morgan fingerprint density at radius 2 is 1.96 bits per heavy atom. The van der Waals surface area contributed by atoms with E-state index in [1.54, 1.807) is 0 Å². The van der Waals surface area contributed by atoms with Crippen LogP contribution in [0.5, 0.6) is 5.75 Å². The number of aromatic nitrogens is 3. The van der Waals surface area contributed by atoms with Gasteiger partial charge in [0.2, 0.25) is 11.1 Å². The predicted molar refractivity (Wildman–Crippen MR) is 107 cm³/mol. The summed E-state index contributed by atoms with van der Waals surface area (Å²) < 4.78 is 5.69. The van der Waals surface area contributed by atoms with Crippen molar-refractivity contribution in [2.45, 2.75) is 32.5 Å². The van der Waals surface area contributed by atoms with Gasteiger partial charge in [-0.05, 0) is 55.7 Å². The van der Waals surface area contributed by atoms with Gasteiger partial charge in [-0.25, -0.2) is 4.98 Å². The minimum atomic E-state index is -0.0870. The van der Waals surface area contributed by atoms with Crippen molar-refractivity contribution in [2.24, 2.45) is 0 Å². The van der Waals surface area contributed by atoms with Crippen LogP contribution in [0, 0.1) is 20.8 Å². The largest absolute Gasteiger partial charge is 0.486 e. The number of benzene rings is 2. The van der Waals surface area contributed by atoms with E-state index in [4.69, 9.17) is 4.74 Å². The molecule has 0 bridgehead atoms. The Balaban J connectivity index is 1.49. The van der Waals surface area contributed by atoms with Crippen molar-refractivity contribution in [1.82, 2.24) is 15.2 Å². The van der Waals surface area contributed by atoms with Gasteiger partial charge in [0.1, 0.15) is 12.4 Å². The highest BCUT2D eigenvalue weighted by molar-refractivity contribution is 7.99. The van der Waals surface area contributed by atoms with E-state index in [0.717, 1.165) is 28.1 Å². The molecule has 0 aliphatic carbocycles. The number of carbonyl (C=O) groups is 1. The summed E-state index contributed by atoms with van der Waals surface area (Å²) in [5.41, 5.74) is 4.11. The maximum atomic E-state index is 12.2. The van der Waals surface area contributed by atoms with Crippen molar-refractivity contribution in [1.29, 1.82) is 0 Å². The van der Waals surface area contributed by atoms with Gasteiger partial charge in [-0.1, -0.05) is 36.0 Å². The van der Waals surface area contributed by atoms with Gasteiger partial charge >= 0.3 is 0 Å². The Kier molecular flexibility index (Phi) is 6.13. The van der Waals surface area contributed by atoms with Gasteiger partial charge in [0.15, 0.2) is 5.82 Å². The van der Waals surface area contributed by atoms with Gasteiger partial charge in [0.25, 0.3) is 0 Å². The number of nitrogens with one attached hydrogen (secondary N) is 2. The zero-order valence-electron chi connectivity index (χ0n) is 15.6. The van der Waals surface area contributed by atoms with E-state index in [2.05, 4.69) is 20.5 Å². The SMILES string of the molecule is Cc1cccc(OCc2nc(SCC(=O)Nc3cc(C)ccc3C)n[nH]2)c1. The number of hydrogen-bond donors (Lipinski definition) is 2. The van der Waals surface area contributed by atoms with Crippen LogP contribution < -0.4 is 10.1 Å². The van der Waals surface area contributed by atoms with Crippen LogP contribution in [0.4, 0.5) is 5.69 Å². The molecule has 1 amide bonds. The van der Waals surface area contributed by atoms with Crippen LogP contribution in [-0.2, 0) is 11.4 Å². The predicted octanol–water partition coefficient (Wildman–Crippen LogP) is 4.04. The number of rotatable bonds is 7. The number of amides is 1. The summed E-state index contributed by atoms with van der Waals surface area (Å²) in [5.74, 6) is 1.56. The first-order valence-corrected chi connectivity index (χ1v) is 9.59. The third-order valence-corrected chi connectivity index (χ3v) is 4.72. The number of nitrogens with zero attached hydrogens (tertiary/aromatic N) is 2. The van der Waals surface area contributed by atoms with Crippen LogP contribution in [0.2, 0.25) is 0 Å². The Morgan fingerprint density at radius 1 is 1.15 bits per heavy atom. The zero-order chi connectivity index (χ0) is 19.2. The molecular formula is C20H22N4O2S. The van der Waals surface area contributed by atoms with Crippen molar-refractivity contribution in [3.05, 3.63) is 65.0 Å². The average Bonchev–Trinajstić information content (AvgIpc) is 3.09. The molecule has 0 fully saturated rings. The Labute approximate surface area is 162 Å². The number of H-pyrrole nitrogens is 1. The highest BCUT2D eigenvalue weighted by atomic mass is 32.2. The van der Waals surface area contributed by atoms with Crippen molar-refractivity contribution < 1.29 is 9.53 Å². The summed E-state index contributed by atoms with van der Waals surface area (Å²) in [6.07, 6.45) is 0. The molecule has 0 saturated heterocycles. The molecule has 0 atom stereocenters. The maximum absolute atomic E-state index is 12.2. The van der Waals surface area contributed by atoms with Crippen molar-refractivity contribution in [2.75, 3.05) is 11.1 Å². The van der Waals surface area contributed by atoms with Gasteiger partial charge in [0, 0.05) is 5.69 Å². The van der Waals surface area contributed by atoms with Gasteiger partial charge in [-0.2, -0.15) is 0 Å². The van der Waals surface area contributed by atoms with Crippen LogP contribution in [0.25, 0.3) is 0 Å². The number of ether oxygens (including phenoxy) is 1. The highest BCUT2D eigenvalue weighted by Crippen LogP contribution is 2.19. The molecule has 1 aromatic heterocycles. The normalized spacial score (nSPS) is 10.6. The molecule has 7 heteroatoms. The molecule has 0 spiro atoms. The fraction of sp³-hybridized carbons (Fsp3) is 0.250. The Hall–Kier alpha value is -2.80. The second kappa shape index (κ2) is 8.73. The van der Waals surface area contributed by atoms with Crippen LogP contribution in [0.3, 0.4) is 0 Å². The molecule has 0 radical (unpaired) electrons. The van der Waals surface area contributed by atoms with Crippen molar-refractivity contribution in [3.63, 3.8) is 0 Å². The van der Waals surface area contributed by atoms with Gasteiger partial charge in [-0.3, -0.25) is 9.89 Å². The number of carbonyl (C=O) groups excluding carboxylic acids is 1. The summed E-state index contributed by atoms with van der Waals surface area (Å²) in [4.78, 5) is 16.5. The molecule has 0 aliphatic heterocycles. The molecule has 6 nitrogen and oxygen atoms in total. The maximum Gasteiger partial charge on any atom is 0.234 e. The van der Waals surface area contributed by atoms with Gasteiger partial charge in [-0.15, -0.1) is 5.10 Å². The number of aryl methyl sites for hydroxylation is 3. The minimum absolute atomic E-state index is 0.0870. The lowest BCUT2D eigenvalue weighted by Crippen LogP contribution is -2.15. The van der Waals surface area contributed by atoms with E-state index in [1.165, 1.54) is 11.8 Å². The quantitative estimate of drug-likeness (QED) is 0.603. The Bertz CT molecular complexity index is 939. The summed E-state index contributed by atoms with van der Waals surface area (Å²) in [5, 5.41) is 10.4. The van der Waals surface area contributed by atoms with E-state index in [1.807, 2.05) is 63.2 Å². The number of aromatic amines is 1. The van der Waals surface area contributed by atoms with Crippen molar-refractivity contribution >= 4 is 23.4 Å². The topological polar surface area (TPSA) is 79.9 Å². The zero-order valence-corrected chi connectivity index (χ0v) is 16.4. The van der Waals surface area contributed by atoms with Gasteiger partial charge in [0.05, 0.1) is 5.75 Å². The van der Waals surface area contributed by atoms with Crippen LogP contribution in [-0.4, -0.2) is 26.8 Å². The molecule has 0 unspecified atom stereocenters. The first-order chi connectivity index (χ1) is 13.0. The smallest absolute Gasteiger partial charge is 0.234 e. The van der Waals surface area contributed by atoms with E-state index in [9.17, 15) is 4.79 Å². The second-order valence-corrected chi connectivity index (χ2v) is 7.27. The minimum Gasteiger partial charge on any atom is -0.486 e. The third-order valence-electron chi connectivity index (χ3n) is 3.88. The fourth-order valence-corrected chi connectivity index (χ4v) is 3.07. The third kappa shape index (κ3) is 5.59. The average molecular weight is 382 g/mol. The lowest BCUT2D eigenvalue weighted by Gasteiger charge is -2.08. The summed E-state index contributed by atoms with van der Waals surface area (Å²) in [7, 11) is 0.